The van der Waals surface area contributed by atoms with Crippen molar-refractivity contribution >= 4 is 11.8 Å². The number of nitrogens with one attached hydrogen (secondary N) is 1. The van der Waals surface area contributed by atoms with Crippen molar-refractivity contribution in [3.05, 3.63) is 58.8 Å². The summed E-state index contributed by atoms with van der Waals surface area (Å²) in [5.41, 5.74) is 4.72. The van der Waals surface area contributed by atoms with E-state index in [0.29, 0.717) is 12.5 Å². The Kier molecular flexibility index (Phi) is 7.45. The van der Waals surface area contributed by atoms with Crippen molar-refractivity contribution in [1.29, 1.82) is 0 Å². The minimum Gasteiger partial charge on any atom is -0.480 e. The Hall–Kier alpha value is -2.44. The third kappa shape index (κ3) is 5.61. The van der Waals surface area contributed by atoms with Crippen LogP contribution in [0.2, 0.25) is 0 Å². The number of fused-ring (bicyclic) bond motifs is 1. The molecule has 2 fully saturated rings. The van der Waals surface area contributed by atoms with Gasteiger partial charge in [0, 0.05) is 31.9 Å². The zero-order chi connectivity index (χ0) is 23.3. The number of carbonyl (C=O) groups is 1. The number of carboxylic acids is 1. The van der Waals surface area contributed by atoms with Crippen molar-refractivity contribution in [2.45, 2.75) is 75.9 Å². The second-order valence-electron chi connectivity index (χ2n) is 10.1. The number of hydrogen-bond acceptors (Lipinski definition) is 5. The van der Waals surface area contributed by atoms with Gasteiger partial charge in [0.1, 0.15) is 11.9 Å². The van der Waals surface area contributed by atoms with Gasteiger partial charge in [-0.1, -0.05) is 36.8 Å². The molecule has 1 saturated heterocycles. The molecule has 6 heteroatoms. The molecule has 2 atom stereocenters. The summed E-state index contributed by atoms with van der Waals surface area (Å²) in [6.07, 6.45) is 9.98. The molecule has 182 valence electrons. The van der Waals surface area contributed by atoms with Crippen molar-refractivity contribution in [3.8, 4) is 0 Å². The molecule has 3 heterocycles. The van der Waals surface area contributed by atoms with Crippen molar-refractivity contribution in [3.63, 3.8) is 0 Å². The number of pyridine rings is 1. The third-order valence-corrected chi connectivity index (χ3v) is 7.47. The maximum atomic E-state index is 12.2. The van der Waals surface area contributed by atoms with Crippen LogP contribution < -0.4 is 5.32 Å². The Morgan fingerprint density at radius 1 is 1.15 bits per heavy atom. The molecule has 0 bridgehead atoms. The number of unbranched alkanes of at least 4 members (excludes halogenated alkanes) is 2. The van der Waals surface area contributed by atoms with Gasteiger partial charge in [-0.05, 0) is 80.0 Å². The molecule has 6 nitrogen and oxygen atoms in total. The smallest absolute Gasteiger partial charge is 0.325 e. The first-order valence-electron chi connectivity index (χ1n) is 13.1. The summed E-state index contributed by atoms with van der Waals surface area (Å²) in [6, 6.07) is 12.0. The van der Waals surface area contributed by atoms with Gasteiger partial charge in [-0.3, -0.25) is 9.69 Å². The molecule has 1 aliphatic carbocycles. The van der Waals surface area contributed by atoms with Crippen LogP contribution in [0.1, 0.15) is 79.3 Å². The van der Waals surface area contributed by atoms with E-state index < -0.39 is 12.0 Å². The molecule has 1 aromatic carbocycles. The summed E-state index contributed by atoms with van der Waals surface area (Å²) >= 11 is 0. The number of rotatable bonds is 11. The molecular weight excluding hydrogens is 426 g/mol. The molecular formula is C28H37N3O3. The largest absolute Gasteiger partial charge is 0.480 e. The van der Waals surface area contributed by atoms with E-state index in [-0.39, 0.29) is 6.10 Å². The monoisotopic (exact) mass is 463 g/mol. The van der Waals surface area contributed by atoms with Crippen molar-refractivity contribution in [2.75, 3.05) is 31.6 Å². The summed E-state index contributed by atoms with van der Waals surface area (Å²) in [7, 11) is 0. The van der Waals surface area contributed by atoms with E-state index in [9.17, 15) is 9.90 Å². The lowest BCUT2D eigenvalue weighted by atomic mass is 9.96. The number of anilines is 1. The van der Waals surface area contributed by atoms with Crippen molar-refractivity contribution in [2.24, 2.45) is 0 Å². The lowest BCUT2D eigenvalue weighted by Gasteiger charge is -2.26. The lowest BCUT2D eigenvalue weighted by Crippen LogP contribution is -2.34. The van der Waals surface area contributed by atoms with Gasteiger partial charge in [0.2, 0.25) is 0 Å². The minimum absolute atomic E-state index is 0.128. The third-order valence-electron chi connectivity index (χ3n) is 7.47. The Morgan fingerprint density at radius 3 is 2.88 bits per heavy atom. The second-order valence-corrected chi connectivity index (χ2v) is 10.1. The Balaban J connectivity index is 1.05. The average Bonchev–Trinajstić information content (AvgIpc) is 3.60. The van der Waals surface area contributed by atoms with Gasteiger partial charge in [-0.25, -0.2) is 4.98 Å². The highest BCUT2D eigenvalue weighted by molar-refractivity contribution is 5.76. The van der Waals surface area contributed by atoms with Crippen LogP contribution in [0.4, 0.5) is 5.82 Å². The van der Waals surface area contributed by atoms with E-state index in [1.807, 2.05) is 18.2 Å². The van der Waals surface area contributed by atoms with Gasteiger partial charge in [0.05, 0.1) is 6.10 Å². The second kappa shape index (κ2) is 10.9. The highest BCUT2D eigenvalue weighted by atomic mass is 16.5. The number of nitrogens with zero attached hydrogens (tertiary/aromatic N) is 2. The molecule has 2 aromatic rings. The number of benzene rings is 1. The number of aromatic nitrogens is 1. The van der Waals surface area contributed by atoms with Gasteiger partial charge < -0.3 is 15.2 Å². The molecule has 1 saturated carbocycles. The van der Waals surface area contributed by atoms with E-state index in [4.69, 9.17) is 9.72 Å². The Labute approximate surface area is 202 Å². The molecule has 0 spiro atoms. The minimum atomic E-state index is -0.750. The maximum absolute atomic E-state index is 12.2. The number of aryl methyl sites for hydroxylation is 2. The normalized spacial score (nSPS) is 21.1. The summed E-state index contributed by atoms with van der Waals surface area (Å²) in [5.74, 6) is 0.873. The zero-order valence-electron chi connectivity index (χ0n) is 20.0. The quantitative estimate of drug-likeness (QED) is 0.460. The van der Waals surface area contributed by atoms with Crippen molar-refractivity contribution in [1.82, 2.24) is 9.88 Å². The first kappa shape index (κ1) is 23.3. The predicted molar refractivity (Wildman–Crippen MR) is 133 cm³/mol. The van der Waals surface area contributed by atoms with E-state index in [2.05, 4.69) is 28.4 Å². The van der Waals surface area contributed by atoms with Crippen LogP contribution in [-0.2, 0) is 22.4 Å². The molecule has 3 aliphatic rings. The topological polar surface area (TPSA) is 74.7 Å². The fourth-order valence-corrected chi connectivity index (χ4v) is 5.48. The van der Waals surface area contributed by atoms with Gasteiger partial charge >= 0.3 is 5.97 Å². The summed E-state index contributed by atoms with van der Waals surface area (Å²) < 4.78 is 6.16. The Morgan fingerprint density at radius 2 is 2.03 bits per heavy atom. The molecule has 5 rings (SSSR count). The first-order valence-corrected chi connectivity index (χ1v) is 13.1. The van der Waals surface area contributed by atoms with Crippen LogP contribution in [0.5, 0.6) is 0 Å². The molecule has 34 heavy (non-hydrogen) atoms. The van der Waals surface area contributed by atoms with E-state index >= 15 is 0 Å². The molecule has 1 aromatic heterocycles. The van der Waals surface area contributed by atoms with Crippen LogP contribution in [0.15, 0.2) is 36.4 Å². The summed E-state index contributed by atoms with van der Waals surface area (Å²) in [5, 5.41) is 13.5. The van der Waals surface area contributed by atoms with Gasteiger partial charge in [0.25, 0.3) is 0 Å². The van der Waals surface area contributed by atoms with Crippen LogP contribution in [0.3, 0.4) is 0 Å². The molecule has 2 N–H and O–H groups in total. The average molecular weight is 464 g/mol. The van der Waals surface area contributed by atoms with E-state index in [0.717, 1.165) is 69.6 Å². The fraction of sp³-hybridized carbons (Fsp3) is 0.571. The SMILES string of the molecule is O=C(O)[C@@H](c1ccccc1C1CC1)N1CC[C@@H](OCCCCCc2ccc3c(n2)NCCC3)C1. The van der Waals surface area contributed by atoms with Crippen LogP contribution in [0, 0.1) is 0 Å². The number of aliphatic carboxylic acids is 1. The first-order chi connectivity index (χ1) is 16.7. The van der Waals surface area contributed by atoms with Crippen molar-refractivity contribution < 1.29 is 14.6 Å². The van der Waals surface area contributed by atoms with Crippen LogP contribution in [0.25, 0.3) is 0 Å². The lowest BCUT2D eigenvalue weighted by molar-refractivity contribution is -0.143. The predicted octanol–water partition coefficient (Wildman–Crippen LogP) is 4.95. The molecule has 2 aliphatic heterocycles. The van der Waals surface area contributed by atoms with Gasteiger partial charge in [-0.15, -0.1) is 0 Å². The maximum Gasteiger partial charge on any atom is 0.325 e. The summed E-state index contributed by atoms with van der Waals surface area (Å²) in [4.78, 5) is 19.1. The number of hydrogen-bond donors (Lipinski definition) is 2. The highest BCUT2D eigenvalue weighted by Gasteiger charge is 2.37. The summed E-state index contributed by atoms with van der Waals surface area (Å²) in [6.45, 7) is 3.24. The molecule has 0 radical (unpaired) electrons. The van der Waals surface area contributed by atoms with E-state index in [1.165, 1.54) is 36.1 Å². The molecule has 0 amide bonds. The fourth-order valence-electron chi connectivity index (χ4n) is 5.48. The number of ether oxygens (including phenoxy) is 1. The standard InChI is InChI=1S/C28H37N3O3/c32-28(33)26(25-10-4-3-9-24(25)20-11-12-20)31-17-15-23(19-31)34-18-5-1-2-8-22-14-13-21-7-6-16-29-27(21)30-22/h3-4,9-10,13-14,20,23,26H,1-2,5-8,11-12,15-19H2,(H,29,30)(H,32,33)/t23-,26-/m1/s1. The number of likely N-dealkylation sites (tertiary alicyclic amines) is 1. The highest BCUT2D eigenvalue weighted by Crippen LogP contribution is 2.44. The zero-order valence-corrected chi connectivity index (χ0v) is 20.0. The molecule has 0 unspecified atom stereocenters. The number of carboxylic acid groups (broad SMARTS) is 1. The van der Waals surface area contributed by atoms with Crippen LogP contribution in [-0.4, -0.2) is 53.3 Å². The van der Waals surface area contributed by atoms with Gasteiger partial charge in [-0.2, -0.15) is 0 Å². The van der Waals surface area contributed by atoms with Crippen LogP contribution >= 0.6 is 0 Å². The van der Waals surface area contributed by atoms with E-state index in [1.54, 1.807) is 0 Å². The Bertz CT molecular complexity index is 991. The van der Waals surface area contributed by atoms with Gasteiger partial charge in [0.15, 0.2) is 0 Å².